The Morgan fingerprint density at radius 1 is 1.06 bits per heavy atom. The average molecular weight is 431 g/mol. The first kappa shape index (κ1) is 20.5. The predicted molar refractivity (Wildman–Crippen MR) is 123 cm³/mol. The van der Waals surface area contributed by atoms with E-state index in [2.05, 4.69) is 5.32 Å². The lowest BCUT2D eigenvalue weighted by Crippen LogP contribution is -2.34. The van der Waals surface area contributed by atoms with Crippen molar-refractivity contribution in [2.24, 2.45) is 0 Å². The Kier molecular flexibility index (Phi) is 5.31. The van der Waals surface area contributed by atoms with Crippen LogP contribution in [0.1, 0.15) is 29.7 Å². The quantitative estimate of drug-likeness (QED) is 0.465. The van der Waals surface area contributed by atoms with E-state index in [0.717, 1.165) is 52.7 Å². The summed E-state index contributed by atoms with van der Waals surface area (Å²) in [4.78, 5) is 25.2. The molecule has 1 aliphatic heterocycles. The maximum Gasteiger partial charge on any atom is 0.340 e. The molecule has 1 atom stereocenters. The van der Waals surface area contributed by atoms with Crippen molar-refractivity contribution in [3.63, 3.8) is 0 Å². The summed E-state index contributed by atoms with van der Waals surface area (Å²) in [5.41, 5.74) is 3.84. The van der Waals surface area contributed by atoms with Gasteiger partial charge in [0.25, 0.3) is 0 Å². The second-order valence-electron chi connectivity index (χ2n) is 8.35. The third-order valence-electron chi connectivity index (χ3n) is 6.22. The second-order valence-corrected chi connectivity index (χ2v) is 8.35. The molecule has 3 heterocycles. The zero-order chi connectivity index (χ0) is 22.2. The molecule has 1 aliphatic rings. The number of carbonyl (C=O) groups is 1. The summed E-state index contributed by atoms with van der Waals surface area (Å²) in [6.45, 7) is 5.00. The Morgan fingerprint density at radius 3 is 2.59 bits per heavy atom. The van der Waals surface area contributed by atoms with E-state index in [9.17, 15) is 9.59 Å². The molecule has 0 spiro atoms. The van der Waals surface area contributed by atoms with E-state index in [1.165, 1.54) is 0 Å². The van der Waals surface area contributed by atoms with Gasteiger partial charge in [-0.15, -0.1) is 0 Å². The molecule has 1 N–H and O–H groups in total. The first-order valence-electron chi connectivity index (χ1n) is 10.9. The van der Waals surface area contributed by atoms with Crippen LogP contribution in [0, 0.1) is 13.8 Å². The molecule has 0 saturated carbocycles. The smallest absolute Gasteiger partial charge is 0.340 e. The van der Waals surface area contributed by atoms with Crippen LogP contribution in [0.4, 0.5) is 0 Å². The molecular formula is C26H25NO5. The summed E-state index contributed by atoms with van der Waals surface area (Å²) in [5, 5.41) is 4.63. The highest BCUT2D eigenvalue weighted by molar-refractivity contribution is 6.03. The van der Waals surface area contributed by atoms with Crippen LogP contribution in [0.3, 0.4) is 0 Å². The van der Waals surface area contributed by atoms with Crippen LogP contribution in [-0.2, 0) is 16.0 Å². The van der Waals surface area contributed by atoms with E-state index in [0.29, 0.717) is 23.3 Å². The van der Waals surface area contributed by atoms with Gasteiger partial charge in [-0.3, -0.25) is 4.79 Å². The van der Waals surface area contributed by atoms with Crippen molar-refractivity contribution in [1.29, 1.82) is 0 Å². The summed E-state index contributed by atoms with van der Waals surface area (Å²) < 4.78 is 17.1. The number of ether oxygens (including phenoxy) is 1. The molecule has 2 aromatic heterocycles. The molecule has 0 unspecified atom stereocenters. The van der Waals surface area contributed by atoms with Gasteiger partial charge in [-0.05, 0) is 43.9 Å². The predicted octanol–water partition coefficient (Wildman–Crippen LogP) is 4.66. The van der Waals surface area contributed by atoms with Crippen molar-refractivity contribution in [1.82, 2.24) is 5.32 Å². The van der Waals surface area contributed by atoms with Crippen LogP contribution in [0.15, 0.2) is 56.1 Å². The van der Waals surface area contributed by atoms with Gasteiger partial charge in [0, 0.05) is 35.6 Å². The Balaban J connectivity index is 1.53. The number of hydrogen-bond acceptors (Lipinski definition) is 5. The molecule has 32 heavy (non-hydrogen) atoms. The molecule has 0 radical (unpaired) electrons. The number of nitrogens with one attached hydrogen (secondary N) is 1. The van der Waals surface area contributed by atoms with Crippen molar-refractivity contribution in [3.05, 3.63) is 69.8 Å². The van der Waals surface area contributed by atoms with Gasteiger partial charge >= 0.3 is 5.63 Å². The van der Waals surface area contributed by atoms with Crippen molar-refractivity contribution in [3.8, 4) is 11.1 Å². The molecule has 2 aromatic carbocycles. The van der Waals surface area contributed by atoms with E-state index in [4.69, 9.17) is 13.6 Å². The maximum absolute atomic E-state index is 12.7. The summed E-state index contributed by atoms with van der Waals surface area (Å²) in [5.74, 6) is 0.593. The highest BCUT2D eigenvalue weighted by Gasteiger charge is 2.20. The number of hydrogen-bond donors (Lipinski definition) is 1. The average Bonchev–Trinajstić information content (AvgIpc) is 3.41. The Morgan fingerprint density at radius 2 is 1.84 bits per heavy atom. The highest BCUT2D eigenvalue weighted by atomic mass is 16.5. The van der Waals surface area contributed by atoms with Gasteiger partial charge in [0.1, 0.15) is 16.9 Å². The number of furan rings is 1. The number of aryl methyl sites for hydroxylation is 2. The third-order valence-corrected chi connectivity index (χ3v) is 6.22. The third kappa shape index (κ3) is 3.71. The fourth-order valence-corrected chi connectivity index (χ4v) is 4.53. The van der Waals surface area contributed by atoms with Crippen molar-refractivity contribution >= 4 is 27.8 Å². The summed E-state index contributed by atoms with van der Waals surface area (Å²) in [6.07, 6.45) is 1.99. The Hall–Kier alpha value is -3.38. The van der Waals surface area contributed by atoms with Crippen LogP contribution in [0.5, 0.6) is 0 Å². The molecule has 6 heteroatoms. The lowest BCUT2D eigenvalue weighted by atomic mass is 9.98. The van der Waals surface area contributed by atoms with E-state index >= 15 is 0 Å². The van der Waals surface area contributed by atoms with Crippen LogP contribution >= 0.6 is 0 Å². The zero-order valence-corrected chi connectivity index (χ0v) is 18.2. The normalized spacial score (nSPS) is 16.1. The molecule has 0 aliphatic carbocycles. The van der Waals surface area contributed by atoms with Gasteiger partial charge in [-0.2, -0.15) is 0 Å². The number of benzene rings is 2. The van der Waals surface area contributed by atoms with Crippen LogP contribution < -0.4 is 10.9 Å². The van der Waals surface area contributed by atoms with Crippen LogP contribution in [-0.4, -0.2) is 25.2 Å². The van der Waals surface area contributed by atoms with Crippen molar-refractivity contribution in [2.75, 3.05) is 13.2 Å². The zero-order valence-electron chi connectivity index (χ0n) is 18.2. The van der Waals surface area contributed by atoms with Gasteiger partial charge in [0.05, 0.1) is 18.1 Å². The Labute approximate surface area is 185 Å². The summed E-state index contributed by atoms with van der Waals surface area (Å²) >= 11 is 0. The second kappa shape index (κ2) is 8.28. The molecular weight excluding hydrogens is 406 g/mol. The molecule has 1 amide bonds. The van der Waals surface area contributed by atoms with E-state index in [1.807, 2.05) is 50.2 Å². The largest absolute Gasteiger partial charge is 0.461 e. The lowest BCUT2D eigenvalue weighted by molar-refractivity contribution is -0.121. The molecule has 6 nitrogen and oxygen atoms in total. The molecule has 1 fully saturated rings. The van der Waals surface area contributed by atoms with Crippen LogP contribution in [0.25, 0.3) is 33.1 Å². The number of rotatable bonds is 5. The minimum absolute atomic E-state index is 0.0230. The van der Waals surface area contributed by atoms with Gasteiger partial charge in [-0.1, -0.05) is 30.3 Å². The van der Waals surface area contributed by atoms with Crippen molar-refractivity contribution < 1.29 is 18.4 Å². The van der Waals surface area contributed by atoms with Gasteiger partial charge in [0.15, 0.2) is 0 Å². The molecule has 4 aromatic rings. The summed E-state index contributed by atoms with van der Waals surface area (Å²) in [7, 11) is 0. The number of carbonyl (C=O) groups excluding carboxylic acids is 1. The van der Waals surface area contributed by atoms with Crippen molar-refractivity contribution in [2.45, 2.75) is 39.2 Å². The molecule has 5 rings (SSSR count). The lowest BCUT2D eigenvalue weighted by Gasteiger charge is -2.12. The molecule has 164 valence electrons. The van der Waals surface area contributed by atoms with E-state index < -0.39 is 5.63 Å². The van der Waals surface area contributed by atoms with Gasteiger partial charge in [-0.25, -0.2) is 4.79 Å². The maximum atomic E-state index is 12.7. The van der Waals surface area contributed by atoms with Gasteiger partial charge in [0.2, 0.25) is 5.91 Å². The van der Waals surface area contributed by atoms with E-state index in [-0.39, 0.29) is 18.4 Å². The fraction of sp³-hybridized carbons (Fsp3) is 0.308. The first-order valence-corrected chi connectivity index (χ1v) is 10.9. The highest BCUT2D eigenvalue weighted by Crippen LogP contribution is 2.37. The van der Waals surface area contributed by atoms with E-state index in [1.54, 1.807) is 6.07 Å². The fourth-order valence-electron chi connectivity index (χ4n) is 4.53. The van der Waals surface area contributed by atoms with Gasteiger partial charge < -0.3 is 18.9 Å². The molecule has 0 bridgehead atoms. The van der Waals surface area contributed by atoms with Crippen LogP contribution in [0.2, 0.25) is 0 Å². The number of fused-ring (bicyclic) bond motifs is 2. The minimum Gasteiger partial charge on any atom is -0.461 e. The Bertz CT molecular complexity index is 1360. The topological polar surface area (TPSA) is 81.7 Å². The number of amides is 1. The molecule has 1 saturated heterocycles. The monoisotopic (exact) mass is 431 g/mol. The first-order chi connectivity index (χ1) is 15.5. The standard InChI is InChI=1S/C26H25NO5/c1-15-19-11-21-23(31-16(2)25(21)17-7-4-3-5-8-17)13-22(19)32-26(29)20(15)12-24(28)27-14-18-9-6-10-30-18/h3-5,7-8,11,13,18H,6,9-10,12,14H2,1-2H3,(H,27,28)/t18-/m0/s1. The minimum atomic E-state index is -0.492. The summed E-state index contributed by atoms with van der Waals surface area (Å²) in [6, 6.07) is 13.8. The SMILES string of the molecule is Cc1oc2cc3oc(=O)c(CC(=O)NC[C@@H]4CCCO4)c(C)c3cc2c1-c1ccccc1.